The van der Waals surface area contributed by atoms with E-state index in [0.717, 1.165) is 38.1 Å². The summed E-state index contributed by atoms with van der Waals surface area (Å²) in [5.74, 6) is 0. The van der Waals surface area contributed by atoms with Gasteiger partial charge in [0.1, 0.15) is 0 Å². The van der Waals surface area contributed by atoms with Gasteiger partial charge in [0.15, 0.2) is 4.77 Å². The Morgan fingerprint density at radius 2 is 2.16 bits per heavy atom. The number of aryl methyl sites for hydroxylation is 1. The summed E-state index contributed by atoms with van der Waals surface area (Å²) in [4.78, 5) is 7.54. The van der Waals surface area contributed by atoms with E-state index in [1.165, 1.54) is 0 Å². The summed E-state index contributed by atoms with van der Waals surface area (Å²) in [6.07, 6.45) is 1.90. The van der Waals surface area contributed by atoms with Crippen molar-refractivity contribution in [3.63, 3.8) is 0 Å². The molecule has 0 aliphatic heterocycles. The van der Waals surface area contributed by atoms with E-state index in [0.29, 0.717) is 0 Å². The third-order valence-corrected chi connectivity index (χ3v) is 3.87. The van der Waals surface area contributed by atoms with Gasteiger partial charge in [0, 0.05) is 16.4 Å². The lowest BCUT2D eigenvalue weighted by molar-refractivity contribution is 0.805. The van der Waals surface area contributed by atoms with Crippen molar-refractivity contribution in [2.75, 3.05) is 0 Å². The molecule has 1 aromatic carbocycles. The molecular formula is C14H12BrN3S. The monoisotopic (exact) mass is 333 g/mol. The maximum Gasteiger partial charge on any atom is 0.178 e. The average Bonchev–Trinajstić information content (AvgIpc) is 2.69. The van der Waals surface area contributed by atoms with E-state index in [9.17, 15) is 0 Å². The number of benzene rings is 1. The fourth-order valence-electron chi connectivity index (χ4n) is 2.06. The van der Waals surface area contributed by atoms with Gasteiger partial charge < -0.3 is 9.55 Å². The highest BCUT2D eigenvalue weighted by atomic mass is 79.9. The number of halogens is 1. The van der Waals surface area contributed by atoms with Crippen molar-refractivity contribution in [1.29, 1.82) is 0 Å². The van der Waals surface area contributed by atoms with Crippen molar-refractivity contribution in [1.82, 2.24) is 14.5 Å². The maximum absolute atomic E-state index is 5.39. The van der Waals surface area contributed by atoms with Gasteiger partial charge in [0.25, 0.3) is 0 Å². The van der Waals surface area contributed by atoms with Crippen LogP contribution in [0.1, 0.15) is 11.3 Å². The van der Waals surface area contributed by atoms with Crippen LogP contribution in [0.4, 0.5) is 0 Å². The van der Waals surface area contributed by atoms with Crippen molar-refractivity contribution < 1.29 is 0 Å². The van der Waals surface area contributed by atoms with E-state index in [4.69, 9.17) is 12.2 Å². The number of aromatic amines is 1. The van der Waals surface area contributed by atoms with Crippen LogP contribution in [0.5, 0.6) is 0 Å². The van der Waals surface area contributed by atoms with Crippen molar-refractivity contribution in [3.05, 3.63) is 57.0 Å². The molecule has 0 radical (unpaired) electrons. The van der Waals surface area contributed by atoms with Crippen LogP contribution in [0.3, 0.4) is 0 Å². The molecule has 0 saturated heterocycles. The standard InChI is InChI=1S/C14H12BrN3S/c1-9-2-3-10(7-16-9)8-18-13-6-11(15)4-5-12(13)17-14(18)19/h2-7H,8H2,1H3,(H,17,19). The number of imidazole rings is 1. The molecule has 2 heterocycles. The van der Waals surface area contributed by atoms with E-state index in [2.05, 4.69) is 42.6 Å². The number of fused-ring (bicyclic) bond motifs is 1. The summed E-state index contributed by atoms with van der Waals surface area (Å²) in [5.41, 5.74) is 4.31. The summed E-state index contributed by atoms with van der Waals surface area (Å²) in [5, 5.41) is 0. The minimum Gasteiger partial charge on any atom is -0.331 e. The molecule has 3 nitrogen and oxygen atoms in total. The quantitative estimate of drug-likeness (QED) is 0.712. The molecule has 5 heteroatoms. The molecule has 0 spiro atoms. The van der Waals surface area contributed by atoms with E-state index >= 15 is 0 Å². The summed E-state index contributed by atoms with van der Waals surface area (Å²) in [7, 11) is 0. The summed E-state index contributed by atoms with van der Waals surface area (Å²) in [6, 6.07) is 10.2. The lowest BCUT2D eigenvalue weighted by Crippen LogP contribution is -2.00. The lowest BCUT2D eigenvalue weighted by atomic mass is 10.2. The zero-order valence-corrected chi connectivity index (χ0v) is 12.8. The lowest BCUT2D eigenvalue weighted by Gasteiger charge is -2.05. The van der Waals surface area contributed by atoms with E-state index in [1.807, 2.05) is 31.3 Å². The molecule has 0 unspecified atom stereocenters. The highest BCUT2D eigenvalue weighted by Gasteiger charge is 2.05. The Morgan fingerprint density at radius 1 is 1.32 bits per heavy atom. The zero-order valence-electron chi connectivity index (χ0n) is 10.4. The van der Waals surface area contributed by atoms with Gasteiger partial charge >= 0.3 is 0 Å². The van der Waals surface area contributed by atoms with E-state index in [-0.39, 0.29) is 0 Å². The highest BCUT2D eigenvalue weighted by Crippen LogP contribution is 2.20. The van der Waals surface area contributed by atoms with E-state index < -0.39 is 0 Å². The van der Waals surface area contributed by atoms with Crippen LogP contribution in [0.15, 0.2) is 41.0 Å². The minimum atomic E-state index is 0.725. The molecule has 19 heavy (non-hydrogen) atoms. The van der Waals surface area contributed by atoms with Crippen LogP contribution in [0.2, 0.25) is 0 Å². The molecule has 0 aliphatic rings. The molecule has 0 amide bonds. The van der Waals surface area contributed by atoms with Gasteiger partial charge in [-0.1, -0.05) is 22.0 Å². The van der Waals surface area contributed by atoms with Gasteiger partial charge in [0.2, 0.25) is 0 Å². The topological polar surface area (TPSA) is 33.6 Å². The normalized spacial score (nSPS) is 11.1. The van der Waals surface area contributed by atoms with Crippen LogP contribution in [0, 0.1) is 11.7 Å². The van der Waals surface area contributed by atoms with Crippen molar-refractivity contribution >= 4 is 39.2 Å². The van der Waals surface area contributed by atoms with Crippen LogP contribution < -0.4 is 0 Å². The summed E-state index contributed by atoms with van der Waals surface area (Å²) in [6.45, 7) is 2.71. The molecule has 3 aromatic rings. The third kappa shape index (κ3) is 2.48. The molecule has 0 aliphatic carbocycles. The Bertz CT molecular complexity index is 787. The molecular weight excluding hydrogens is 322 g/mol. The first-order valence-electron chi connectivity index (χ1n) is 5.93. The van der Waals surface area contributed by atoms with Gasteiger partial charge in [-0.15, -0.1) is 0 Å². The zero-order chi connectivity index (χ0) is 13.4. The number of nitrogens with zero attached hydrogens (tertiary/aromatic N) is 2. The number of hydrogen-bond acceptors (Lipinski definition) is 2. The smallest absolute Gasteiger partial charge is 0.178 e. The summed E-state index contributed by atoms with van der Waals surface area (Å²) >= 11 is 8.89. The second-order valence-corrected chi connectivity index (χ2v) is 5.79. The molecule has 3 rings (SSSR count). The highest BCUT2D eigenvalue weighted by molar-refractivity contribution is 9.10. The number of aromatic nitrogens is 3. The Morgan fingerprint density at radius 3 is 2.89 bits per heavy atom. The second kappa shape index (κ2) is 4.90. The minimum absolute atomic E-state index is 0.725. The maximum atomic E-state index is 5.39. The van der Waals surface area contributed by atoms with Crippen LogP contribution in [-0.4, -0.2) is 14.5 Å². The molecule has 0 fully saturated rings. The fourth-order valence-corrected chi connectivity index (χ4v) is 2.68. The Hall–Kier alpha value is -1.46. The molecule has 0 saturated carbocycles. The average molecular weight is 334 g/mol. The predicted molar refractivity (Wildman–Crippen MR) is 82.9 cm³/mol. The Kier molecular flexibility index (Phi) is 3.24. The predicted octanol–water partition coefficient (Wildman–Crippen LogP) is 4.21. The van der Waals surface area contributed by atoms with Gasteiger partial charge in [0.05, 0.1) is 17.6 Å². The van der Waals surface area contributed by atoms with Crippen LogP contribution in [0.25, 0.3) is 11.0 Å². The van der Waals surface area contributed by atoms with Crippen molar-refractivity contribution in [2.24, 2.45) is 0 Å². The van der Waals surface area contributed by atoms with Gasteiger partial charge in [-0.25, -0.2) is 0 Å². The number of rotatable bonds is 2. The Labute approximate surface area is 124 Å². The van der Waals surface area contributed by atoms with E-state index in [1.54, 1.807) is 0 Å². The number of H-pyrrole nitrogens is 1. The second-order valence-electron chi connectivity index (χ2n) is 4.49. The van der Waals surface area contributed by atoms with Gasteiger partial charge in [-0.3, -0.25) is 4.98 Å². The largest absolute Gasteiger partial charge is 0.331 e. The van der Waals surface area contributed by atoms with Crippen LogP contribution in [-0.2, 0) is 6.54 Å². The third-order valence-electron chi connectivity index (χ3n) is 3.05. The van der Waals surface area contributed by atoms with Gasteiger partial charge in [-0.05, 0) is 49.0 Å². The first-order valence-corrected chi connectivity index (χ1v) is 7.13. The number of hydrogen-bond donors (Lipinski definition) is 1. The van der Waals surface area contributed by atoms with Crippen molar-refractivity contribution in [2.45, 2.75) is 13.5 Å². The van der Waals surface area contributed by atoms with Crippen LogP contribution >= 0.6 is 28.1 Å². The fraction of sp³-hybridized carbons (Fsp3) is 0.143. The number of pyridine rings is 1. The molecule has 2 aromatic heterocycles. The molecule has 0 atom stereocenters. The van der Waals surface area contributed by atoms with Crippen molar-refractivity contribution in [3.8, 4) is 0 Å². The van der Waals surface area contributed by atoms with Gasteiger partial charge in [-0.2, -0.15) is 0 Å². The molecule has 96 valence electrons. The number of nitrogens with one attached hydrogen (secondary N) is 1. The first kappa shape index (κ1) is 12.6. The molecule has 1 N–H and O–H groups in total. The molecule has 0 bridgehead atoms. The Balaban J connectivity index is 2.09. The first-order chi connectivity index (χ1) is 9.13. The SMILES string of the molecule is Cc1ccc(Cn2c(=S)[nH]c3ccc(Br)cc32)cn1. The summed E-state index contributed by atoms with van der Waals surface area (Å²) < 4.78 is 3.86.